The predicted octanol–water partition coefficient (Wildman–Crippen LogP) is 1.01. The van der Waals surface area contributed by atoms with E-state index in [-0.39, 0.29) is 12.0 Å². The van der Waals surface area contributed by atoms with E-state index in [4.69, 9.17) is 4.84 Å². The highest BCUT2D eigenvalue weighted by molar-refractivity contribution is 5.91. The quantitative estimate of drug-likeness (QED) is 0.707. The number of carbonyl (C=O) groups excluding carboxylic acids is 1. The molecule has 0 spiro atoms. The average molecular weight is 195 g/mol. The summed E-state index contributed by atoms with van der Waals surface area (Å²) in [4.78, 5) is 23.1. The van der Waals surface area contributed by atoms with Crippen LogP contribution in [-0.2, 0) is 4.84 Å². The van der Waals surface area contributed by atoms with Gasteiger partial charge >= 0.3 is 0 Å². The number of rotatable bonds is 3. The Morgan fingerprint density at radius 2 is 2.36 bits per heavy atom. The van der Waals surface area contributed by atoms with Crippen LogP contribution in [0.3, 0.4) is 0 Å². The summed E-state index contributed by atoms with van der Waals surface area (Å²) >= 11 is 0. The lowest BCUT2D eigenvalue weighted by Crippen LogP contribution is -2.28. The van der Waals surface area contributed by atoms with Crippen molar-refractivity contribution in [1.82, 2.24) is 15.4 Å². The van der Waals surface area contributed by atoms with Crippen LogP contribution in [0.25, 0.3) is 0 Å². The molecule has 0 aromatic carbocycles. The van der Waals surface area contributed by atoms with Gasteiger partial charge in [0.15, 0.2) is 0 Å². The van der Waals surface area contributed by atoms with Gasteiger partial charge in [-0.25, -0.2) is 10.5 Å². The molecular formula is C9H13N3O2. The monoisotopic (exact) mass is 195 g/mol. The molecule has 1 heterocycles. The highest BCUT2D eigenvalue weighted by atomic mass is 16.7. The summed E-state index contributed by atoms with van der Waals surface area (Å²) in [5.41, 5.74) is 2.84. The van der Waals surface area contributed by atoms with Gasteiger partial charge in [0.25, 0.3) is 5.91 Å². The Bertz CT molecular complexity index is 291. The zero-order valence-corrected chi connectivity index (χ0v) is 7.82. The van der Waals surface area contributed by atoms with Crippen LogP contribution < -0.4 is 5.48 Å². The Labute approximate surface area is 81.8 Å². The van der Waals surface area contributed by atoms with Gasteiger partial charge in [0.2, 0.25) is 0 Å². The maximum absolute atomic E-state index is 11.4. The van der Waals surface area contributed by atoms with Gasteiger partial charge in [-0.2, -0.15) is 0 Å². The van der Waals surface area contributed by atoms with E-state index in [1.54, 1.807) is 0 Å². The van der Waals surface area contributed by atoms with Crippen molar-refractivity contribution in [3.8, 4) is 0 Å². The van der Waals surface area contributed by atoms with Crippen LogP contribution in [0.15, 0.2) is 12.5 Å². The van der Waals surface area contributed by atoms with E-state index in [0.29, 0.717) is 5.69 Å². The number of hydrogen-bond donors (Lipinski definition) is 2. The fourth-order valence-corrected chi connectivity index (χ4v) is 1.58. The molecule has 2 N–H and O–H groups in total. The average Bonchev–Trinajstić information content (AvgIpc) is 2.87. The number of imidazole rings is 1. The van der Waals surface area contributed by atoms with Crippen molar-refractivity contribution in [3.05, 3.63) is 18.2 Å². The van der Waals surface area contributed by atoms with Crippen LogP contribution in [0, 0.1) is 0 Å². The largest absolute Gasteiger partial charge is 0.341 e. The Morgan fingerprint density at radius 3 is 3.00 bits per heavy atom. The molecule has 0 aliphatic heterocycles. The molecule has 1 amide bonds. The minimum atomic E-state index is -0.269. The molecule has 1 aliphatic carbocycles. The first kappa shape index (κ1) is 9.21. The normalized spacial score (nSPS) is 17.1. The minimum Gasteiger partial charge on any atom is -0.341 e. The maximum atomic E-state index is 11.4. The molecule has 5 heteroatoms. The van der Waals surface area contributed by atoms with Gasteiger partial charge in [0, 0.05) is 0 Å². The smallest absolute Gasteiger partial charge is 0.292 e. The molecular weight excluding hydrogens is 182 g/mol. The Kier molecular flexibility index (Phi) is 2.78. The van der Waals surface area contributed by atoms with E-state index in [1.807, 2.05) is 0 Å². The number of hydroxylamine groups is 1. The van der Waals surface area contributed by atoms with Gasteiger partial charge in [-0.3, -0.25) is 9.63 Å². The zero-order chi connectivity index (χ0) is 9.80. The lowest BCUT2D eigenvalue weighted by Gasteiger charge is -2.10. The molecule has 2 rings (SSSR count). The topological polar surface area (TPSA) is 67.0 Å². The Morgan fingerprint density at radius 1 is 1.57 bits per heavy atom. The van der Waals surface area contributed by atoms with Crippen molar-refractivity contribution in [1.29, 1.82) is 0 Å². The van der Waals surface area contributed by atoms with Crippen LogP contribution in [0.1, 0.15) is 36.2 Å². The predicted molar refractivity (Wildman–Crippen MR) is 49.4 cm³/mol. The maximum Gasteiger partial charge on any atom is 0.292 e. The molecule has 1 aliphatic rings. The summed E-state index contributed by atoms with van der Waals surface area (Å²) in [6.45, 7) is 0. The molecule has 0 saturated heterocycles. The summed E-state index contributed by atoms with van der Waals surface area (Å²) in [6.07, 6.45) is 7.54. The standard InChI is InChI=1S/C9H13N3O2/c13-9(8-5-10-6-11-8)12-14-7-3-1-2-4-7/h5-7H,1-4H2,(H,10,11)(H,12,13). The molecule has 0 radical (unpaired) electrons. The molecule has 1 fully saturated rings. The number of aromatic nitrogens is 2. The van der Waals surface area contributed by atoms with Crippen molar-refractivity contribution in [3.63, 3.8) is 0 Å². The molecule has 14 heavy (non-hydrogen) atoms. The van der Waals surface area contributed by atoms with Gasteiger partial charge in [-0.05, 0) is 12.8 Å². The lowest BCUT2D eigenvalue weighted by atomic mass is 10.3. The van der Waals surface area contributed by atoms with Crippen LogP contribution in [0.4, 0.5) is 0 Å². The number of H-pyrrole nitrogens is 1. The highest BCUT2D eigenvalue weighted by Gasteiger charge is 2.17. The first-order valence-corrected chi connectivity index (χ1v) is 4.80. The molecule has 5 nitrogen and oxygen atoms in total. The zero-order valence-electron chi connectivity index (χ0n) is 7.82. The van der Waals surface area contributed by atoms with Gasteiger partial charge < -0.3 is 4.98 Å². The molecule has 1 aromatic rings. The number of amides is 1. The van der Waals surface area contributed by atoms with Crippen molar-refractivity contribution in [2.45, 2.75) is 31.8 Å². The molecule has 0 unspecified atom stereocenters. The highest BCUT2D eigenvalue weighted by Crippen LogP contribution is 2.19. The molecule has 1 saturated carbocycles. The summed E-state index contributed by atoms with van der Waals surface area (Å²) in [5, 5.41) is 0. The fourth-order valence-electron chi connectivity index (χ4n) is 1.58. The van der Waals surface area contributed by atoms with E-state index >= 15 is 0 Å². The van der Waals surface area contributed by atoms with Gasteiger partial charge in [-0.15, -0.1) is 0 Å². The fraction of sp³-hybridized carbons (Fsp3) is 0.556. The van der Waals surface area contributed by atoms with Crippen molar-refractivity contribution in [2.75, 3.05) is 0 Å². The summed E-state index contributed by atoms with van der Waals surface area (Å²) in [7, 11) is 0. The first-order chi connectivity index (χ1) is 6.86. The van der Waals surface area contributed by atoms with Crippen molar-refractivity contribution < 1.29 is 9.63 Å². The Hall–Kier alpha value is -1.36. The second kappa shape index (κ2) is 4.23. The number of carbonyl (C=O) groups is 1. The lowest BCUT2D eigenvalue weighted by molar-refractivity contribution is -0.0127. The van der Waals surface area contributed by atoms with Crippen LogP contribution in [0.5, 0.6) is 0 Å². The Balaban J connectivity index is 1.78. The molecule has 0 bridgehead atoms. The first-order valence-electron chi connectivity index (χ1n) is 4.80. The van der Waals surface area contributed by atoms with E-state index in [2.05, 4.69) is 15.4 Å². The van der Waals surface area contributed by atoms with E-state index < -0.39 is 0 Å². The molecule has 1 aromatic heterocycles. The summed E-state index contributed by atoms with van der Waals surface area (Å²) in [6, 6.07) is 0. The second-order valence-corrected chi connectivity index (χ2v) is 3.42. The van der Waals surface area contributed by atoms with Gasteiger partial charge in [0.05, 0.1) is 18.6 Å². The van der Waals surface area contributed by atoms with E-state index in [9.17, 15) is 4.79 Å². The van der Waals surface area contributed by atoms with Crippen LogP contribution >= 0.6 is 0 Å². The van der Waals surface area contributed by atoms with Crippen molar-refractivity contribution in [2.24, 2.45) is 0 Å². The third kappa shape index (κ3) is 2.11. The summed E-state index contributed by atoms with van der Waals surface area (Å²) in [5.74, 6) is -0.269. The number of nitrogens with one attached hydrogen (secondary N) is 2. The number of hydrogen-bond acceptors (Lipinski definition) is 3. The molecule has 76 valence electrons. The second-order valence-electron chi connectivity index (χ2n) is 3.42. The third-order valence-corrected chi connectivity index (χ3v) is 2.36. The van der Waals surface area contributed by atoms with E-state index in [0.717, 1.165) is 12.8 Å². The minimum absolute atomic E-state index is 0.182. The molecule has 0 atom stereocenters. The number of nitrogens with zero attached hydrogens (tertiary/aromatic N) is 1. The van der Waals surface area contributed by atoms with Gasteiger partial charge in [0.1, 0.15) is 5.69 Å². The SMILES string of the molecule is O=C(NOC1CCCC1)c1cnc[nH]1. The number of aromatic amines is 1. The third-order valence-electron chi connectivity index (χ3n) is 2.36. The van der Waals surface area contributed by atoms with Crippen LogP contribution in [0.2, 0.25) is 0 Å². The van der Waals surface area contributed by atoms with E-state index in [1.165, 1.54) is 25.4 Å². The summed E-state index contributed by atoms with van der Waals surface area (Å²) < 4.78 is 0. The van der Waals surface area contributed by atoms with Crippen LogP contribution in [-0.4, -0.2) is 22.0 Å². The van der Waals surface area contributed by atoms with Gasteiger partial charge in [-0.1, -0.05) is 12.8 Å². The van der Waals surface area contributed by atoms with Crippen molar-refractivity contribution >= 4 is 5.91 Å².